The molecule has 1 amide bonds. The first-order chi connectivity index (χ1) is 13.2. The number of esters is 1. The molecule has 2 rings (SSSR count). The Labute approximate surface area is 161 Å². The standard InChI is InChI=1S/C22H29NO4/c1-3-4-15-19(18-13-9-6-10-14-18)20(21(24)26-2)23-22(25)27-16-17-11-7-5-8-12-17/h4-5,7-8,11-12,18,20H,3,6,9-10,13-14,16H2,1-2H3,(H,23,25)/t15?,20-/m1/s1. The molecule has 1 aromatic carbocycles. The number of carbonyl (C=O) groups excluding carboxylic acids is 2. The third-order valence-corrected chi connectivity index (χ3v) is 4.74. The fourth-order valence-electron chi connectivity index (χ4n) is 3.33. The maximum atomic E-state index is 12.4. The van der Waals surface area contributed by atoms with Gasteiger partial charge in [0, 0.05) is 5.57 Å². The quantitative estimate of drug-likeness (QED) is 0.565. The minimum absolute atomic E-state index is 0.147. The molecule has 1 aromatic rings. The van der Waals surface area contributed by atoms with E-state index in [-0.39, 0.29) is 12.5 Å². The van der Waals surface area contributed by atoms with E-state index in [0.29, 0.717) is 0 Å². The molecule has 0 saturated heterocycles. The lowest BCUT2D eigenvalue weighted by atomic mass is 9.81. The molecule has 146 valence electrons. The van der Waals surface area contributed by atoms with Crippen LogP contribution >= 0.6 is 0 Å². The van der Waals surface area contributed by atoms with Crippen molar-refractivity contribution >= 4 is 12.1 Å². The molecule has 1 N–H and O–H groups in total. The summed E-state index contributed by atoms with van der Waals surface area (Å²) in [6.07, 6.45) is 7.50. The normalized spacial score (nSPS) is 15.2. The first-order valence-electron chi connectivity index (χ1n) is 9.65. The highest BCUT2D eigenvalue weighted by molar-refractivity contribution is 5.84. The highest BCUT2D eigenvalue weighted by Crippen LogP contribution is 2.31. The van der Waals surface area contributed by atoms with E-state index in [9.17, 15) is 9.59 Å². The number of ether oxygens (including phenoxy) is 2. The van der Waals surface area contributed by atoms with Gasteiger partial charge in [0.1, 0.15) is 6.61 Å². The number of nitrogens with one attached hydrogen (secondary N) is 1. The largest absolute Gasteiger partial charge is 0.467 e. The van der Waals surface area contributed by atoms with Crippen molar-refractivity contribution in [2.24, 2.45) is 5.92 Å². The van der Waals surface area contributed by atoms with Crippen molar-refractivity contribution in [1.29, 1.82) is 0 Å². The molecule has 1 atom stereocenters. The molecule has 1 saturated carbocycles. The van der Waals surface area contributed by atoms with E-state index in [1.165, 1.54) is 13.5 Å². The van der Waals surface area contributed by atoms with E-state index in [2.05, 4.69) is 11.0 Å². The second-order valence-corrected chi connectivity index (χ2v) is 6.71. The Morgan fingerprint density at radius 2 is 1.93 bits per heavy atom. The van der Waals surface area contributed by atoms with Crippen LogP contribution in [0.25, 0.3) is 0 Å². The summed E-state index contributed by atoms with van der Waals surface area (Å²) >= 11 is 0. The summed E-state index contributed by atoms with van der Waals surface area (Å²) < 4.78 is 10.2. The van der Waals surface area contributed by atoms with Gasteiger partial charge >= 0.3 is 12.1 Å². The van der Waals surface area contributed by atoms with E-state index >= 15 is 0 Å². The van der Waals surface area contributed by atoms with Gasteiger partial charge in [0.05, 0.1) is 7.11 Å². The second kappa shape index (κ2) is 11.2. The predicted octanol–water partition coefficient (Wildman–Crippen LogP) is 4.53. The van der Waals surface area contributed by atoms with Crippen LogP contribution in [-0.4, -0.2) is 25.2 Å². The summed E-state index contributed by atoms with van der Waals surface area (Å²) in [5, 5.41) is 2.69. The number of alkyl carbamates (subject to hydrolysis) is 1. The van der Waals surface area contributed by atoms with Crippen LogP contribution in [0.4, 0.5) is 4.79 Å². The average molecular weight is 371 g/mol. The molecular weight excluding hydrogens is 342 g/mol. The first-order valence-corrected chi connectivity index (χ1v) is 9.65. The van der Waals surface area contributed by atoms with E-state index in [4.69, 9.17) is 9.47 Å². The number of hydrogen-bond donors (Lipinski definition) is 1. The zero-order valence-electron chi connectivity index (χ0n) is 16.2. The van der Waals surface area contributed by atoms with Gasteiger partial charge in [-0.15, -0.1) is 5.73 Å². The average Bonchev–Trinajstić information content (AvgIpc) is 2.72. The van der Waals surface area contributed by atoms with Gasteiger partial charge in [0.15, 0.2) is 6.04 Å². The van der Waals surface area contributed by atoms with Gasteiger partial charge in [-0.25, -0.2) is 9.59 Å². The molecule has 0 radical (unpaired) electrons. The predicted molar refractivity (Wildman–Crippen MR) is 104 cm³/mol. The highest BCUT2D eigenvalue weighted by atomic mass is 16.6. The van der Waals surface area contributed by atoms with Gasteiger partial charge in [-0.2, -0.15) is 0 Å². The molecule has 5 nitrogen and oxygen atoms in total. The van der Waals surface area contributed by atoms with Crippen molar-refractivity contribution in [2.45, 2.75) is 58.1 Å². The van der Waals surface area contributed by atoms with E-state index < -0.39 is 18.1 Å². The second-order valence-electron chi connectivity index (χ2n) is 6.71. The molecule has 0 spiro atoms. The fourth-order valence-corrected chi connectivity index (χ4v) is 3.33. The molecule has 0 heterocycles. The first kappa shape index (κ1) is 20.8. The number of rotatable bonds is 7. The maximum Gasteiger partial charge on any atom is 0.408 e. The summed E-state index contributed by atoms with van der Waals surface area (Å²) in [5.41, 5.74) is 4.93. The summed E-state index contributed by atoms with van der Waals surface area (Å²) in [7, 11) is 1.33. The molecule has 0 bridgehead atoms. The molecule has 0 unspecified atom stereocenters. The smallest absolute Gasteiger partial charge is 0.408 e. The number of hydrogen-bond acceptors (Lipinski definition) is 4. The Hall–Kier alpha value is -2.52. The van der Waals surface area contributed by atoms with Crippen molar-refractivity contribution in [2.75, 3.05) is 7.11 Å². The molecule has 0 aromatic heterocycles. The third-order valence-electron chi connectivity index (χ3n) is 4.74. The van der Waals surface area contributed by atoms with E-state index in [1.807, 2.05) is 43.3 Å². The van der Waals surface area contributed by atoms with Crippen molar-refractivity contribution in [1.82, 2.24) is 5.32 Å². The zero-order chi connectivity index (χ0) is 19.5. The van der Waals surface area contributed by atoms with Crippen LogP contribution in [0.1, 0.15) is 51.0 Å². The van der Waals surface area contributed by atoms with Crippen LogP contribution in [0.15, 0.2) is 47.7 Å². The minimum atomic E-state index is -0.871. The van der Waals surface area contributed by atoms with Gasteiger partial charge in [-0.05, 0) is 36.8 Å². The Balaban J connectivity index is 2.12. The number of carbonyl (C=O) groups is 2. The van der Waals surface area contributed by atoms with Gasteiger partial charge in [0.2, 0.25) is 0 Å². The summed E-state index contributed by atoms with van der Waals surface area (Å²) in [5.74, 6) is -0.274. The number of methoxy groups -OCH3 is 1. The Morgan fingerprint density at radius 3 is 2.56 bits per heavy atom. The van der Waals surface area contributed by atoms with E-state index in [1.54, 1.807) is 0 Å². The number of amides is 1. The lowest BCUT2D eigenvalue weighted by Gasteiger charge is -2.27. The van der Waals surface area contributed by atoms with Gasteiger partial charge in [0.25, 0.3) is 0 Å². The van der Waals surface area contributed by atoms with Crippen LogP contribution in [0.2, 0.25) is 0 Å². The van der Waals surface area contributed by atoms with Gasteiger partial charge in [-0.1, -0.05) is 56.5 Å². The summed E-state index contributed by atoms with van der Waals surface area (Å²) in [6, 6.07) is 8.55. The van der Waals surface area contributed by atoms with Crippen molar-refractivity contribution in [3.8, 4) is 0 Å². The third kappa shape index (κ3) is 6.61. The van der Waals surface area contributed by atoms with Crippen LogP contribution in [0.5, 0.6) is 0 Å². The molecule has 1 aliphatic carbocycles. The van der Waals surface area contributed by atoms with Crippen LogP contribution in [0.3, 0.4) is 0 Å². The molecule has 0 aliphatic heterocycles. The van der Waals surface area contributed by atoms with Crippen LogP contribution in [0, 0.1) is 5.92 Å². The van der Waals surface area contributed by atoms with Gasteiger partial charge in [-0.3, -0.25) is 0 Å². The lowest BCUT2D eigenvalue weighted by molar-refractivity contribution is -0.142. The lowest BCUT2D eigenvalue weighted by Crippen LogP contribution is -2.44. The molecular formula is C22H29NO4. The highest BCUT2D eigenvalue weighted by Gasteiger charge is 2.32. The van der Waals surface area contributed by atoms with Crippen molar-refractivity contribution in [3.63, 3.8) is 0 Å². The zero-order valence-corrected chi connectivity index (χ0v) is 16.2. The molecule has 5 heteroatoms. The van der Waals surface area contributed by atoms with Crippen LogP contribution < -0.4 is 5.32 Å². The Bertz CT molecular complexity index is 671. The van der Waals surface area contributed by atoms with Gasteiger partial charge < -0.3 is 14.8 Å². The SMILES string of the molecule is CCC=C=C(C1CCCCC1)[C@@H](NC(=O)OCc1ccccc1)C(=O)OC. The fraction of sp³-hybridized carbons (Fsp3) is 0.500. The maximum absolute atomic E-state index is 12.4. The summed E-state index contributed by atoms with van der Waals surface area (Å²) in [4.78, 5) is 24.7. The monoisotopic (exact) mass is 371 g/mol. The topological polar surface area (TPSA) is 64.6 Å². The molecule has 27 heavy (non-hydrogen) atoms. The Morgan fingerprint density at radius 1 is 1.22 bits per heavy atom. The summed E-state index contributed by atoms with van der Waals surface area (Å²) in [6.45, 7) is 2.16. The number of benzene rings is 1. The van der Waals surface area contributed by atoms with Crippen molar-refractivity contribution < 1.29 is 19.1 Å². The molecule has 1 aliphatic rings. The van der Waals surface area contributed by atoms with Crippen LogP contribution in [-0.2, 0) is 20.9 Å². The minimum Gasteiger partial charge on any atom is -0.467 e. The van der Waals surface area contributed by atoms with Crippen molar-refractivity contribution in [3.05, 3.63) is 53.3 Å². The Kier molecular flexibility index (Phi) is 8.66. The van der Waals surface area contributed by atoms with E-state index in [0.717, 1.165) is 43.2 Å². The molecule has 1 fully saturated rings.